The zero-order valence-corrected chi connectivity index (χ0v) is 10.4. The number of hydrogen-bond acceptors (Lipinski definition) is 1. The molecule has 0 unspecified atom stereocenters. The first kappa shape index (κ1) is 12.5. The molecule has 0 radical (unpaired) electrons. The lowest BCUT2D eigenvalue weighted by molar-refractivity contribution is 0.221. The molecule has 1 aromatic rings. The van der Waals surface area contributed by atoms with Crippen LogP contribution in [-0.4, -0.2) is 13.1 Å². The van der Waals surface area contributed by atoms with Gasteiger partial charge in [0.1, 0.15) is 11.5 Å². The van der Waals surface area contributed by atoms with Crippen LogP contribution in [0.2, 0.25) is 0 Å². The third-order valence-corrected chi connectivity index (χ3v) is 3.46. The first-order valence-electron chi connectivity index (χ1n) is 6.18. The number of halogens is 2. The van der Waals surface area contributed by atoms with Crippen LogP contribution in [0.5, 0.6) is 0 Å². The third-order valence-electron chi connectivity index (χ3n) is 3.46. The van der Waals surface area contributed by atoms with Crippen LogP contribution >= 0.6 is 0 Å². The summed E-state index contributed by atoms with van der Waals surface area (Å²) in [7, 11) is 0. The second-order valence-electron chi connectivity index (χ2n) is 5.23. The predicted molar refractivity (Wildman–Crippen MR) is 65.4 cm³/mol. The summed E-state index contributed by atoms with van der Waals surface area (Å²) >= 11 is 0. The Balaban J connectivity index is 2.31. The molecular formula is C14H19F2N. The standard InChI is InChI=1S/C14H19F2N/c1-14(2,16)11-3-4-13(15)12(9-11)10-5-7-17-8-6-10/h3-4,9-10,17H,5-8H2,1-2H3. The van der Waals surface area contributed by atoms with Crippen molar-refractivity contribution in [2.75, 3.05) is 13.1 Å². The molecule has 1 aliphatic rings. The minimum Gasteiger partial charge on any atom is -0.317 e. The highest BCUT2D eigenvalue weighted by molar-refractivity contribution is 5.31. The van der Waals surface area contributed by atoms with Gasteiger partial charge in [0.25, 0.3) is 0 Å². The van der Waals surface area contributed by atoms with E-state index in [9.17, 15) is 8.78 Å². The quantitative estimate of drug-likeness (QED) is 0.833. The molecule has 1 aliphatic heterocycles. The molecule has 0 amide bonds. The van der Waals surface area contributed by atoms with Gasteiger partial charge < -0.3 is 5.32 Å². The van der Waals surface area contributed by atoms with Crippen LogP contribution in [0.25, 0.3) is 0 Å². The van der Waals surface area contributed by atoms with E-state index in [0.29, 0.717) is 11.1 Å². The second-order valence-corrected chi connectivity index (χ2v) is 5.23. The molecule has 1 saturated heterocycles. The largest absolute Gasteiger partial charge is 0.317 e. The van der Waals surface area contributed by atoms with Crippen LogP contribution < -0.4 is 5.32 Å². The molecule has 0 saturated carbocycles. The van der Waals surface area contributed by atoms with Crippen LogP contribution in [0, 0.1) is 5.82 Å². The Hall–Kier alpha value is -0.960. The molecule has 1 N–H and O–H groups in total. The van der Waals surface area contributed by atoms with Crippen molar-refractivity contribution in [2.45, 2.75) is 38.3 Å². The summed E-state index contributed by atoms with van der Waals surface area (Å²) in [6.45, 7) is 4.83. The first-order valence-corrected chi connectivity index (χ1v) is 6.18. The molecule has 0 bridgehead atoms. The molecule has 1 heterocycles. The summed E-state index contributed by atoms with van der Waals surface area (Å²) < 4.78 is 27.7. The molecule has 0 spiro atoms. The minimum absolute atomic E-state index is 0.204. The highest BCUT2D eigenvalue weighted by Crippen LogP contribution is 2.32. The predicted octanol–water partition coefficient (Wildman–Crippen LogP) is 3.50. The van der Waals surface area contributed by atoms with Gasteiger partial charge in [-0.2, -0.15) is 0 Å². The number of piperidine rings is 1. The van der Waals surface area contributed by atoms with Crippen molar-refractivity contribution < 1.29 is 8.78 Å². The molecule has 3 heteroatoms. The Morgan fingerprint density at radius 1 is 1.24 bits per heavy atom. The van der Waals surface area contributed by atoms with E-state index in [1.54, 1.807) is 12.1 Å². The molecule has 1 fully saturated rings. The van der Waals surface area contributed by atoms with Gasteiger partial charge in [0.15, 0.2) is 0 Å². The average Bonchev–Trinajstić information content (AvgIpc) is 2.29. The van der Waals surface area contributed by atoms with E-state index in [0.717, 1.165) is 25.9 Å². The van der Waals surface area contributed by atoms with E-state index in [-0.39, 0.29) is 11.7 Å². The summed E-state index contributed by atoms with van der Waals surface area (Å²) in [4.78, 5) is 0. The van der Waals surface area contributed by atoms with Crippen molar-refractivity contribution >= 4 is 0 Å². The van der Waals surface area contributed by atoms with Gasteiger partial charge >= 0.3 is 0 Å². The zero-order chi connectivity index (χ0) is 12.5. The van der Waals surface area contributed by atoms with Gasteiger partial charge in [0, 0.05) is 0 Å². The fraction of sp³-hybridized carbons (Fsp3) is 0.571. The van der Waals surface area contributed by atoms with Crippen LogP contribution in [0.4, 0.5) is 8.78 Å². The lowest BCUT2D eigenvalue weighted by Gasteiger charge is -2.25. The lowest BCUT2D eigenvalue weighted by Crippen LogP contribution is -2.27. The maximum absolute atomic E-state index is 13.9. The van der Waals surface area contributed by atoms with Crippen LogP contribution in [0.3, 0.4) is 0 Å². The Labute approximate surface area is 101 Å². The van der Waals surface area contributed by atoms with Gasteiger partial charge in [-0.25, -0.2) is 8.78 Å². The molecule has 17 heavy (non-hydrogen) atoms. The number of nitrogens with one attached hydrogen (secondary N) is 1. The number of benzene rings is 1. The van der Waals surface area contributed by atoms with E-state index < -0.39 is 5.67 Å². The van der Waals surface area contributed by atoms with Crippen LogP contribution in [0.1, 0.15) is 43.7 Å². The van der Waals surface area contributed by atoms with Crippen molar-refractivity contribution in [3.63, 3.8) is 0 Å². The molecule has 0 aliphatic carbocycles. The molecule has 2 rings (SSSR count). The van der Waals surface area contributed by atoms with Gasteiger partial charge in [-0.1, -0.05) is 6.07 Å². The van der Waals surface area contributed by atoms with E-state index >= 15 is 0 Å². The molecular weight excluding hydrogens is 220 g/mol. The van der Waals surface area contributed by atoms with Gasteiger partial charge in [0.05, 0.1) is 0 Å². The summed E-state index contributed by atoms with van der Waals surface area (Å²) in [5.41, 5.74) is -0.169. The summed E-state index contributed by atoms with van der Waals surface area (Å²) in [6, 6.07) is 4.64. The highest BCUT2D eigenvalue weighted by Gasteiger charge is 2.23. The highest BCUT2D eigenvalue weighted by atomic mass is 19.1. The van der Waals surface area contributed by atoms with Crippen molar-refractivity contribution in [3.8, 4) is 0 Å². The molecule has 1 nitrogen and oxygen atoms in total. The number of rotatable bonds is 2. The topological polar surface area (TPSA) is 12.0 Å². The van der Waals surface area contributed by atoms with Gasteiger partial charge in [-0.05, 0) is 69.0 Å². The fourth-order valence-electron chi connectivity index (χ4n) is 2.36. The maximum atomic E-state index is 13.9. The fourth-order valence-corrected chi connectivity index (χ4v) is 2.36. The molecule has 0 atom stereocenters. The van der Waals surface area contributed by atoms with Crippen molar-refractivity contribution in [2.24, 2.45) is 0 Å². The van der Waals surface area contributed by atoms with E-state index in [4.69, 9.17) is 0 Å². The third kappa shape index (κ3) is 2.83. The Kier molecular flexibility index (Phi) is 3.48. The molecule has 1 aromatic carbocycles. The lowest BCUT2D eigenvalue weighted by atomic mass is 9.87. The van der Waals surface area contributed by atoms with Crippen molar-refractivity contribution in [1.82, 2.24) is 5.32 Å². The van der Waals surface area contributed by atoms with Crippen LogP contribution in [0.15, 0.2) is 18.2 Å². The smallest absolute Gasteiger partial charge is 0.130 e. The summed E-state index contributed by atoms with van der Waals surface area (Å²) in [5.74, 6) is 0.0171. The number of alkyl halides is 1. The maximum Gasteiger partial charge on any atom is 0.130 e. The van der Waals surface area contributed by atoms with Crippen molar-refractivity contribution in [1.29, 1.82) is 0 Å². The van der Waals surface area contributed by atoms with Crippen molar-refractivity contribution in [3.05, 3.63) is 35.1 Å². The Morgan fingerprint density at radius 3 is 2.47 bits per heavy atom. The summed E-state index contributed by atoms with van der Waals surface area (Å²) in [5, 5.41) is 3.25. The monoisotopic (exact) mass is 239 g/mol. The van der Waals surface area contributed by atoms with Gasteiger partial charge in [-0.15, -0.1) is 0 Å². The minimum atomic E-state index is -1.41. The summed E-state index contributed by atoms with van der Waals surface area (Å²) in [6.07, 6.45) is 1.85. The van der Waals surface area contributed by atoms with Crippen LogP contribution in [-0.2, 0) is 5.67 Å². The molecule has 94 valence electrons. The van der Waals surface area contributed by atoms with E-state index in [1.807, 2.05) is 0 Å². The first-order chi connectivity index (χ1) is 7.98. The number of hydrogen-bond donors (Lipinski definition) is 1. The van der Waals surface area contributed by atoms with Gasteiger partial charge in [-0.3, -0.25) is 0 Å². The zero-order valence-electron chi connectivity index (χ0n) is 10.4. The average molecular weight is 239 g/mol. The Morgan fingerprint density at radius 2 is 1.88 bits per heavy atom. The van der Waals surface area contributed by atoms with Gasteiger partial charge in [0.2, 0.25) is 0 Å². The Bertz CT molecular complexity index is 390. The van der Waals surface area contributed by atoms with E-state index in [2.05, 4.69) is 5.32 Å². The van der Waals surface area contributed by atoms with E-state index in [1.165, 1.54) is 19.9 Å². The SMILES string of the molecule is CC(C)(F)c1ccc(F)c(C2CCNCC2)c1. The normalized spacial score (nSPS) is 18.4. The second kappa shape index (κ2) is 4.73. The molecule has 0 aromatic heterocycles.